The van der Waals surface area contributed by atoms with Gasteiger partial charge in [-0.15, -0.1) is 0 Å². The predicted molar refractivity (Wildman–Crippen MR) is 105 cm³/mol. The fourth-order valence-electron chi connectivity index (χ4n) is 3.51. The van der Waals surface area contributed by atoms with Gasteiger partial charge in [0.25, 0.3) is 0 Å². The molecule has 2 aliphatic heterocycles. The average Bonchev–Trinajstić information content (AvgIpc) is 3.44. The van der Waals surface area contributed by atoms with E-state index in [0.29, 0.717) is 24.6 Å². The van der Waals surface area contributed by atoms with Crippen LogP contribution in [0.25, 0.3) is 21.3 Å². The molecule has 0 unspecified atom stereocenters. The van der Waals surface area contributed by atoms with Crippen molar-refractivity contribution in [3.05, 3.63) is 36.4 Å². The first-order chi connectivity index (χ1) is 13.7. The molecule has 8 heteroatoms. The molecule has 5 rings (SSSR count). The second-order valence-corrected chi connectivity index (χ2v) is 7.82. The second-order valence-electron chi connectivity index (χ2n) is 6.79. The molecule has 1 atom stereocenters. The number of nitriles is 1. The number of amides is 1. The summed E-state index contributed by atoms with van der Waals surface area (Å²) in [6.45, 7) is 1.36. The van der Waals surface area contributed by atoms with Crippen LogP contribution < -0.4 is 14.8 Å². The molecule has 2 aromatic carbocycles. The van der Waals surface area contributed by atoms with E-state index in [-0.39, 0.29) is 18.6 Å². The van der Waals surface area contributed by atoms with Gasteiger partial charge in [0.1, 0.15) is 0 Å². The van der Waals surface area contributed by atoms with Gasteiger partial charge in [0.05, 0.1) is 16.1 Å². The fourth-order valence-corrected chi connectivity index (χ4v) is 4.36. The number of hydrogen-bond acceptors (Lipinski definition) is 7. The zero-order chi connectivity index (χ0) is 19.1. The lowest BCUT2D eigenvalue weighted by atomic mass is 10.0. The third-order valence-corrected chi connectivity index (χ3v) is 5.98. The lowest BCUT2D eigenvalue weighted by Crippen LogP contribution is -2.25. The molecule has 0 saturated carbocycles. The molecule has 2 aliphatic rings. The lowest BCUT2D eigenvalue weighted by Gasteiger charge is -2.08. The molecule has 0 aliphatic carbocycles. The van der Waals surface area contributed by atoms with Crippen LogP contribution in [-0.4, -0.2) is 35.7 Å². The van der Waals surface area contributed by atoms with Crippen LogP contribution in [0.3, 0.4) is 0 Å². The molecule has 1 aromatic heterocycles. The Morgan fingerprint density at radius 3 is 2.89 bits per heavy atom. The van der Waals surface area contributed by atoms with Crippen molar-refractivity contribution >= 4 is 32.6 Å². The highest BCUT2D eigenvalue weighted by Gasteiger charge is 2.28. The Bertz CT molecular complexity index is 1120. The molecular weight excluding hydrogens is 376 g/mol. The van der Waals surface area contributed by atoms with Gasteiger partial charge in [0.15, 0.2) is 22.8 Å². The van der Waals surface area contributed by atoms with Crippen LogP contribution in [-0.2, 0) is 4.79 Å². The van der Waals surface area contributed by atoms with E-state index in [1.807, 2.05) is 36.4 Å². The van der Waals surface area contributed by atoms with Crippen molar-refractivity contribution in [1.82, 2.24) is 9.88 Å². The number of likely N-dealkylation sites (tertiary alicyclic amines) is 1. The summed E-state index contributed by atoms with van der Waals surface area (Å²) in [4.78, 5) is 18.6. The van der Waals surface area contributed by atoms with E-state index in [9.17, 15) is 4.79 Å². The summed E-state index contributed by atoms with van der Waals surface area (Å²) in [5, 5.41) is 12.4. The number of benzene rings is 2. The van der Waals surface area contributed by atoms with E-state index < -0.39 is 0 Å². The van der Waals surface area contributed by atoms with Crippen molar-refractivity contribution < 1.29 is 14.3 Å². The largest absolute Gasteiger partial charge is 0.454 e. The molecule has 1 amide bonds. The van der Waals surface area contributed by atoms with E-state index >= 15 is 0 Å². The van der Waals surface area contributed by atoms with Crippen molar-refractivity contribution in [2.24, 2.45) is 5.92 Å². The summed E-state index contributed by atoms with van der Waals surface area (Å²) < 4.78 is 11.8. The van der Waals surface area contributed by atoms with E-state index in [1.54, 1.807) is 4.90 Å². The summed E-state index contributed by atoms with van der Waals surface area (Å²) in [7, 11) is 0. The topological polar surface area (TPSA) is 87.5 Å². The van der Waals surface area contributed by atoms with Crippen molar-refractivity contribution in [2.75, 3.05) is 25.2 Å². The van der Waals surface area contributed by atoms with Gasteiger partial charge < -0.3 is 19.7 Å². The van der Waals surface area contributed by atoms with Crippen molar-refractivity contribution in [2.45, 2.75) is 6.42 Å². The number of nitrogens with zero attached hydrogens (tertiary/aromatic N) is 3. The van der Waals surface area contributed by atoms with Crippen LogP contribution in [0.4, 0.5) is 5.13 Å². The first-order valence-corrected chi connectivity index (χ1v) is 9.77. The molecule has 140 valence electrons. The van der Waals surface area contributed by atoms with E-state index in [4.69, 9.17) is 14.7 Å². The average molecular weight is 392 g/mol. The Kier molecular flexibility index (Phi) is 4.02. The third kappa shape index (κ3) is 3.00. The number of nitrogens with one attached hydrogen (secondary N) is 1. The maximum atomic E-state index is 12.4. The van der Waals surface area contributed by atoms with Gasteiger partial charge in [-0.1, -0.05) is 23.5 Å². The standard InChI is InChI=1S/C20H16N4O3S/c21-10-24-6-5-14(9-24)19(25)23-20-22-15-7-12(2-4-18(15)28-20)13-1-3-16-17(8-13)27-11-26-16/h1-4,7-8,14H,5-6,9,11H2,(H,22,23,25)/t14-/m0/s1. The van der Waals surface area contributed by atoms with Crippen molar-refractivity contribution in [3.8, 4) is 28.8 Å². The minimum atomic E-state index is -0.171. The van der Waals surface area contributed by atoms with Crippen LogP contribution in [0.1, 0.15) is 6.42 Å². The van der Waals surface area contributed by atoms with Crippen LogP contribution in [0.15, 0.2) is 36.4 Å². The fraction of sp³-hybridized carbons (Fsp3) is 0.250. The number of fused-ring (bicyclic) bond motifs is 2. The van der Waals surface area contributed by atoms with Gasteiger partial charge in [-0.2, -0.15) is 5.26 Å². The van der Waals surface area contributed by atoms with E-state index in [0.717, 1.165) is 32.8 Å². The quantitative estimate of drug-likeness (QED) is 0.687. The van der Waals surface area contributed by atoms with Crippen LogP contribution >= 0.6 is 11.3 Å². The van der Waals surface area contributed by atoms with Gasteiger partial charge in [-0.25, -0.2) is 4.98 Å². The van der Waals surface area contributed by atoms with Gasteiger partial charge in [-0.3, -0.25) is 4.79 Å². The molecule has 7 nitrogen and oxygen atoms in total. The van der Waals surface area contributed by atoms with Crippen LogP contribution in [0, 0.1) is 17.4 Å². The lowest BCUT2D eigenvalue weighted by molar-refractivity contribution is -0.119. The number of carbonyl (C=O) groups excluding carboxylic acids is 1. The highest BCUT2D eigenvalue weighted by Crippen LogP contribution is 2.37. The van der Waals surface area contributed by atoms with Crippen LogP contribution in [0.2, 0.25) is 0 Å². The molecule has 0 radical (unpaired) electrons. The minimum Gasteiger partial charge on any atom is -0.454 e. The summed E-state index contributed by atoms with van der Waals surface area (Å²) in [6, 6.07) is 11.9. The number of ether oxygens (including phenoxy) is 2. The highest BCUT2D eigenvalue weighted by atomic mass is 32.1. The molecule has 1 saturated heterocycles. The summed E-state index contributed by atoms with van der Waals surface area (Å²) in [5.74, 6) is 1.25. The molecule has 3 aromatic rings. The summed E-state index contributed by atoms with van der Waals surface area (Å²) in [6.07, 6.45) is 2.79. The number of anilines is 1. The third-order valence-electron chi connectivity index (χ3n) is 5.02. The van der Waals surface area contributed by atoms with E-state index in [2.05, 4.69) is 16.5 Å². The van der Waals surface area contributed by atoms with Gasteiger partial charge in [-0.05, 0) is 41.8 Å². The first-order valence-electron chi connectivity index (χ1n) is 8.96. The molecule has 0 spiro atoms. The Hall–Kier alpha value is -3.31. The number of carbonyl (C=O) groups is 1. The minimum absolute atomic E-state index is 0.0761. The molecule has 1 N–H and O–H groups in total. The Morgan fingerprint density at radius 1 is 1.21 bits per heavy atom. The maximum Gasteiger partial charge on any atom is 0.231 e. The Morgan fingerprint density at radius 2 is 2.04 bits per heavy atom. The van der Waals surface area contributed by atoms with Crippen molar-refractivity contribution in [3.63, 3.8) is 0 Å². The number of rotatable bonds is 3. The molecular formula is C20H16N4O3S. The van der Waals surface area contributed by atoms with E-state index in [1.165, 1.54) is 11.3 Å². The highest BCUT2D eigenvalue weighted by molar-refractivity contribution is 7.22. The zero-order valence-electron chi connectivity index (χ0n) is 14.8. The monoisotopic (exact) mass is 392 g/mol. The number of thiazole rings is 1. The smallest absolute Gasteiger partial charge is 0.231 e. The van der Waals surface area contributed by atoms with Gasteiger partial charge in [0.2, 0.25) is 12.7 Å². The van der Waals surface area contributed by atoms with Crippen molar-refractivity contribution in [1.29, 1.82) is 5.26 Å². The normalized spacial score (nSPS) is 17.7. The number of hydrogen-bond donors (Lipinski definition) is 1. The Balaban J connectivity index is 1.37. The van der Waals surface area contributed by atoms with Gasteiger partial charge >= 0.3 is 0 Å². The number of aromatic nitrogens is 1. The summed E-state index contributed by atoms with van der Waals surface area (Å²) >= 11 is 1.45. The summed E-state index contributed by atoms with van der Waals surface area (Å²) in [5.41, 5.74) is 2.88. The predicted octanol–water partition coefficient (Wildman–Crippen LogP) is 3.43. The zero-order valence-corrected chi connectivity index (χ0v) is 15.7. The van der Waals surface area contributed by atoms with Gasteiger partial charge in [0, 0.05) is 13.1 Å². The van der Waals surface area contributed by atoms with Crippen LogP contribution in [0.5, 0.6) is 11.5 Å². The molecule has 1 fully saturated rings. The SMILES string of the molecule is N#CN1CC[C@H](C(=O)Nc2nc3cc(-c4ccc5c(c4)OCO5)ccc3s2)C1. The second kappa shape index (κ2) is 6.69. The molecule has 0 bridgehead atoms. The molecule has 3 heterocycles. The maximum absolute atomic E-state index is 12.4. The Labute approximate surface area is 165 Å². The molecule has 28 heavy (non-hydrogen) atoms. The first kappa shape index (κ1) is 16.8.